The summed E-state index contributed by atoms with van der Waals surface area (Å²) < 4.78 is 0. The summed E-state index contributed by atoms with van der Waals surface area (Å²) in [6.07, 6.45) is 16.7. The number of hydrogen-bond donors (Lipinski definition) is 1. The van der Waals surface area contributed by atoms with Gasteiger partial charge in [-0.05, 0) is 62.2 Å². The molecule has 4 rings (SSSR count). The number of rotatable bonds is 2. The zero-order valence-electron chi connectivity index (χ0n) is 14.7. The maximum absolute atomic E-state index is 12.3. The third-order valence-corrected chi connectivity index (χ3v) is 5.96. The third-order valence-electron chi connectivity index (χ3n) is 5.96. The summed E-state index contributed by atoms with van der Waals surface area (Å²) in [7, 11) is 0. The van der Waals surface area contributed by atoms with Crippen LogP contribution in [-0.4, -0.2) is 17.5 Å². The van der Waals surface area contributed by atoms with Crippen LogP contribution in [0.5, 0.6) is 0 Å². The van der Waals surface area contributed by atoms with Gasteiger partial charge in [0.25, 0.3) is 5.91 Å². The van der Waals surface area contributed by atoms with Gasteiger partial charge in [-0.2, -0.15) is 0 Å². The van der Waals surface area contributed by atoms with E-state index in [1.54, 1.807) is 0 Å². The molecular formula is C21H26N2O2. The van der Waals surface area contributed by atoms with Gasteiger partial charge < -0.3 is 5.32 Å². The molecule has 0 saturated heterocycles. The molecule has 1 atom stereocenters. The number of nitrogens with zero attached hydrogens (tertiary/aromatic N) is 1. The van der Waals surface area contributed by atoms with Crippen LogP contribution in [0.3, 0.4) is 0 Å². The number of nitrogens with one attached hydrogen (secondary N) is 1. The summed E-state index contributed by atoms with van der Waals surface area (Å²) in [5.74, 6) is 0.685. The number of allylic oxidation sites excluding steroid dienone is 3. The molecule has 0 aromatic carbocycles. The number of aliphatic imine (C=N–C) groups is 1. The zero-order chi connectivity index (χ0) is 17.2. The molecule has 0 radical (unpaired) electrons. The summed E-state index contributed by atoms with van der Waals surface area (Å²) in [5.41, 5.74) is 3.81. The van der Waals surface area contributed by atoms with Crippen molar-refractivity contribution < 1.29 is 9.59 Å². The van der Waals surface area contributed by atoms with Crippen molar-refractivity contribution >= 4 is 17.5 Å². The van der Waals surface area contributed by atoms with Crippen LogP contribution in [0.15, 0.2) is 40.1 Å². The molecule has 4 heteroatoms. The molecule has 0 spiro atoms. The molecule has 4 nitrogen and oxygen atoms in total. The second-order valence-electron chi connectivity index (χ2n) is 7.74. The van der Waals surface area contributed by atoms with Gasteiger partial charge in [0.2, 0.25) is 5.91 Å². The smallest absolute Gasteiger partial charge is 0.251 e. The first-order valence-corrected chi connectivity index (χ1v) is 9.75. The van der Waals surface area contributed by atoms with E-state index in [0.717, 1.165) is 49.8 Å². The molecule has 0 aromatic rings. The number of amides is 2. The summed E-state index contributed by atoms with van der Waals surface area (Å²) in [6.45, 7) is 0. The predicted octanol–water partition coefficient (Wildman–Crippen LogP) is 3.99. The molecule has 2 amide bonds. The van der Waals surface area contributed by atoms with Gasteiger partial charge in [0.05, 0.1) is 5.71 Å². The van der Waals surface area contributed by atoms with E-state index in [4.69, 9.17) is 0 Å². The maximum atomic E-state index is 12.3. The highest BCUT2D eigenvalue weighted by Gasteiger charge is 2.33. The zero-order valence-corrected chi connectivity index (χ0v) is 14.7. The van der Waals surface area contributed by atoms with Crippen LogP contribution in [-0.2, 0) is 9.59 Å². The lowest BCUT2D eigenvalue weighted by molar-refractivity contribution is -0.119. The first kappa shape index (κ1) is 16.5. The Morgan fingerprint density at radius 3 is 2.76 bits per heavy atom. The van der Waals surface area contributed by atoms with E-state index in [1.165, 1.54) is 24.8 Å². The van der Waals surface area contributed by atoms with E-state index in [1.807, 2.05) is 12.2 Å². The van der Waals surface area contributed by atoms with E-state index < -0.39 is 0 Å². The van der Waals surface area contributed by atoms with Crippen molar-refractivity contribution in [3.05, 3.63) is 35.1 Å². The third kappa shape index (κ3) is 3.53. The monoisotopic (exact) mass is 338 g/mol. The predicted molar refractivity (Wildman–Crippen MR) is 98.0 cm³/mol. The highest BCUT2D eigenvalue weighted by atomic mass is 16.2. The molecule has 1 unspecified atom stereocenters. The number of fused-ring (bicyclic) bond motifs is 2. The van der Waals surface area contributed by atoms with Crippen molar-refractivity contribution in [1.82, 2.24) is 5.32 Å². The van der Waals surface area contributed by atoms with Crippen LogP contribution in [0.25, 0.3) is 0 Å². The average Bonchev–Trinajstić information content (AvgIpc) is 2.62. The number of carbonyl (C=O) groups excluding carboxylic acids is 2. The van der Waals surface area contributed by atoms with E-state index in [-0.39, 0.29) is 17.7 Å². The van der Waals surface area contributed by atoms with E-state index >= 15 is 0 Å². The average molecular weight is 338 g/mol. The molecule has 1 fully saturated rings. The second kappa shape index (κ2) is 7.11. The fourth-order valence-electron chi connectivity index (χ4n) is 4.65. The molecule has 1 heterocycles. The SMILES string of the molecule is O=C(CC1CCCCC1)N=C1C=CC2C(=C1)NC(=O)C1=C2CCCC1. The fourth-order valence-corrected chi connectivity index (χ4v) is 4.65. The van der Waals surface area contributed by atoms with Gasteiger partial charge in [-0.1, -0.05) is 25.3 Å². The minimum Gasteiger partial charge on any atom is -0.325 e. The summed E-state index contributed by atoms with van der Waals surface area (Å²) in [4.78, 5) is 28.9. The van der Waals surface area contributed by atoms with Crippen LogP contribution < -0.4 is 5.32 Å². The first-order chi connectivity index (χ1) is 12.2. The van der Waals surface area contributed by atoms with Crippen molar-refractivity contribution in [1.29, 1.82) is 0 Å². The quantitative estimate of drug-likeness (QED) is 0.827. The lowest BCUT2D eigenvalue weighted by Crippen LogP contribution is -2.37. The van der Waals surface area contributed by atoms with Crippen molar-refractivity contribution in [2.75, 3.05) is 0 Å². The van der Waals surface area contributed by atoms with Gasteiger partial charge in [-0.15, -0.1) is 0 Å². The van der Waals surface area contributed by atoms with Crippen LogP contribution >= 0.6 is 0 Å². The van der Waals surface area contributed by atoms with Gasteiger partial charge in [0.1, 0.15) is 0 Å². The lowest BCUT2D eigenvalue weighted by atomic mass is 9.77. The molecule has 4 aliphatic rings. The van der Waals surface area contributed by atoms with Gasteiger partial charge >= 0.3 is 0 Å². The molecule has 1 N–H and O–H groups in total. The highest BCUT2D eigenvalue weighted by Crippen LogP contribution is 2.38. The maximum Gasteiger partial charge on any atom is 0.251 e. The highest BCUT2D eigenvalue weighted by molar-refractivity contribution is 6.11. The summed E-state index contributed by atoms with van der Waals surface area (Å²) in [5, 5.41) is 3.02. The van der Waals surface area contributed by atoms with Gasteiger partial charge in [0.15, 0.2) is 0 Å². The molecule has 1 saturated carbocycles. The van der Waals surface area contributed by atoms with Crippen LogP contribution in [0.2, 0.25) is 0 Å². The summed E-state index contributed by atoms with van der Waals surface area (Å²) in [6, 6.07) is 0. The Labute approximate surface area is 149 Å². The van der Waals surface area contributed by atoms with Crippen molar-refractivity contribution in [3.8, 4) is 0 Å². The topological polar surface area (TPSA) is 58.5 Å². The molecule has 132 valence electrons. The lowest BCUT2D eigenvalue weighted by Gasteiger charge is -2.33. The fraction of sp³-hybridized carbons (Fsp3) is 0.571. The van der Waals surface area contributed by atoms with Gasteiger partial charge in [-0.3, -0.25) is 9.59 Å². The van der Waals surface area contributed by atoms with Crippen molar-refractivity contribution in [3.63, 3.8) is 0 Å². The Balaban J connectivity index is 1.49. The number of carbonyl (C=O) groups is 2. The minimum atomic E-state index is -0.0263. The van der Waals surface area contributed by atoms with E-state index in [0.29, 0.717) is 18.1 Å². The van der Waals surface area contributed by atoms with E-state index in [2.05, 4.69) is 16.4 Å². The molecule has 25 heavy (non-hydrogen) atoms. The first-order valence-electron chi connectivity index (χ1n) is 9.75. The van der Waals surface area contributed by atoms with Crippen LogP contribution in [0, 0.1) is 11.8 Å². The molecular weight excluding hydrogens is 312 g/mol. The van der Waals surface area contributed by atoms with Crippen molar-refractivity contribution in [2.45, 2.75) is 64.2 Å². The standard InChI is InChI=1S/C21H26N2O2/c24-20(12-14-6-2-1-3-7-14)22-15-10-11-17-16-8-4-5-9-18(16)21(25)23-19(17)13-15/h10-11,13-14,17H,1-9,12H2,(H,23,25). The number of hydrogen-bond acceptors (Lipinski definition) is 2. The Morgan fingerprint density at radius 1 is 1.12 bits per heavy atom. The largest absolute Gasteiger partial charge is 0.325 e. The van der Waals surface area contributed by atoms with E-state index in [9.17, 15) is 9.59 Å². The van der Waals surface area contributed by atoms with Gasteiger partial charge in [-0.25, -0.2) is 4.99 Å². The second-order valence-corrected chi connectivity index (χ2v) is 7.74. The Hall–Kier alpha value is -1.97. The van der Waals surface area contributed by atoms with Crippen LogP contribution in [0.4, 0.5) is 0 Å². The molecule has 0 aromatic heterocycles. The van der Waals surface area contributed by atoms with Gasteiger partial charge in [0, 0.05) is 23.6 Å². The Kier molecular flexibility index (Phi) is 4.69. The van der Waals surface area contributed by atoms with Crippen molar-refractivity contribution in [2.24, 2.45) is 16.8 Å². The Bertz CT molecular complexity index is 705. The summed E-state index contributed by atoms with van der Waals surface area (Å²) >= 11 is 0. The minimum absolute atomic E-state index is 0.0263. The normalized spacial score (nSPS) is 28.3. The Morgan fingerprint density at radius 2 is 1.92 bits per heavy atom. The van der Waals surface area contributed by atoms with Crippen LogP contribution in [0.1, 0.15) is 64.2 Å². The molecule has 3 aliphatic carbocycles. The molecule has 0 bridgehead atoms. The molecule has 1 aliphatic heterocycles.